The number of aliphatic hydroxyl groups excluding tert-OH is 1. The number of Topliss-reactive ketones (excluding diaryl/α,β-unsaturated/α-hetero) is 1. The zero-order valence-electron chi connectivity index (χ0n) is 40.4. The third-order valence-electron chi connectivity index (χ3n) is 12.2. The Morgan fingerprint density at radius 1 is 0.882 bits per heavy atom. The van der Waals surface area contributed by atoms with E-state index in [1.165, 1.54) is 0 Å². The lowest BCUT2D eigenvalue weighted by Crippen LogP contribution is -2.47. The molecule has 2 aromatic carbocycles. The monoisotopic (exact) mass is 954 g/mol. The van der Waals surface area contributed by atoms with E-state index in [4.69, 9.17) is 23.7 Å². The molecule has 5 aromatic rings. The van der Waals surface area contributed by atoms with E-state index in [0.29, 0.717) is 91.0 Å². The van der Waals surface area contributed by atoms with E-state index in [-0.39, 0.29) is 49.6 Å². The summed E-state index contributed by atoms with van der Waals surface area (Å²) < 4.78 is 28.0. The Balaban J connectivity index is 0.753. The van der Waals surface area contributed by atoms with Gasteiger partial charge >= 0.3 is 0 Å². The van der Waals surface area contributed by atoms with Gasteiger partial charge in [0.25, 0.3) is 0 Å². The van der Waals surface area contributed by atoms with Crippen LogP contribution in [-0.4, -0.2) is 134 Å². The van der Waals surface area contributed by atoms with Gasteiger partial charge in [0.2, 0.25) is 11.8 Å². The minimum Gasteiger partial charge on any atom is -0.391 e. The fourth-order valence-corrected chi connectivity index (χ4v) is 9.18. The van der Waals surface area contributed by atoms with E-state index < -0.39 is 23.5 Å². The maximum absolute atomic E-state index is 14.2. The number of benzene rings is 2. The van der Waals surface area contributed by atoms with Crippen molar-refractivity contribution in [2.24, 2.45) is 11.3 Å². The standard InChI is InChI=1S/C52H70N6O9S/c1-35(39-9-11-40(12-10-39)50-37(3)55-34-68-50)56-36(2)48-31-42(60)33-58(48)51(62)45(52(4,5)6)30-41(59)16-19-63-21-23-65-25-27-67-28-26-66-24-22-64-20-18-54-49(61)14-8-38-7-13-43-44-32-53-17-15-46(44)57-47(43)29-38/h7,9-13,15,17,29,32,34-35,42,45,48,56-57,60H,2,8,14,16,18-28,30-31,33H2,1,3-6H3,(H,54,61)/t35-,42+,45+,48-/m0/s1. The maximum atomic E-state index is 14.2. The summed E-state index contributed by atoms with van der Waals surface area (Å²) in [6.07, 6.45) is 4.66. The zero-order chi connectivity index (χ0) is 48.5. The largest absolute Gasteiger partial charge is 0.391 e. The summed E-state index contributed by atoms with van der Waals surface area (Å²) in [7, 11) is 0. The first kappa shape index (κ1) is 52.3. The summed E-state index contributed by atoms with van der Waals surface area (Å²) in [6, 6.07) is 16.1. The minimum absolute atomic E-state index is 0.0126. The van der Waals surface area contributed by atoms with Crippen molar-refractivity contribution < 1.29 is 43.2 Å². The summed E-state index contributed by atoms with van der Waals surface area (Å²) in [5.41, 5.74) is 8.43. The molecule has 0 spiro atoms. The highest BCUT2D eigenvalue weighted by molar-refractivity contribution is 7.13. The van der Waals surface area contributed by atoms with Crippen LogP contribution in [0.4, 0.5) is 0 Å². The normalized spacial score (nSPS) is 16.1. The molecule has 16 heteroatoms. The third kappa shape index (κ3) is 15.5. The van der Waals surface area contributed by atoms with Gasteiger partial charge < -0.3 is 49.3 Å². The molecule has 368 valence electrons. The van der Waals surface area contributed by atoms with Gasteiger partial charge in [-0.25, -0.2) is 4.98 Å². The summed E-state index contributed by atoms with van der Waals surface area (Å²) in [5, 5.41) is 19.3. The van der Waals surface area contributed by atoms with Crippen LogP contribution < -0.4 is 10.6 Å². The zero-order valence-corrected chi connectivity index (χ0v) is 41.2. The molecule has 4 atom stereocenters. The van der Waals surface area contributed by atoms with E-state index in [0.717, 1.165) is 49.1 Å². The Kier molecular flexibility index (Phi) is 20.0. The van der Waals surface area contributed by atoms with Crippen LogP contribution >= 0.6 is 11.3 Å². The first-order valence-corrected chi connectivity index (χ1v) is 24.6. The number of nitrogens with zero attached hydrogens (tertiary/aromatic N) is 3. The van der Waals surface area contributed by atoms with Gasteiger partial charge in [-0.2, -0.15) is 0 Å². The molecule has 4 N–H and O–H groups in total. The number of aryl methyl sites for hydroxylation is 2. The van der Waals surface area contributed by atoms with Crippen molar-refractivity contribution >= 4 is 50.7 Å². The Labute approximate surface area is 404 Å². The topological polar surface area (TPSA) is 186 Å². The molecule has 3 aromatic heterocycles. The quantitative estimate of drug-likeness (QED) is 0.0357. The van der Waals surface area contributed by atoms with Crippen molar-refractivity contribution in [1.29, 1.82) is 0 Å². The number of aromatic amines is 1. The van der Waals surface area contributed by atoms with Crippen molar-refractivity contribution in [2.75, 3.05) is 79.2 Å². The molecule has 2 amide bonds. The number of thiazole rings is 1. The van der Waals surface area contributed by atoms with Gasteiger partial charge in [-0.15, -0.1) is 11.3 Å². The van der Waals surface area contributed by atoms with E-state index in [2.05, 4.69) is 81.6 Å². The lowest BCUT2D eigenvalue weighted by atomic mass is 9.76. The number of aromatic nitrogens is 3. The predicted octanol–water partition coefficient (Wildman–Crippen LogP) is 7.12. The molecule has 1 fully saturated rings. The number of nitrogens with one attached hydrogen (secondary N) is 3. The summed E-state index contributed by atoms with van der Waals surface area (Å²) in [5.74, 6) is -0.786. The molecule has 4 heterocycles. The van der Waals surface area contributed by atoms with Gasteiger partial charge in [0.1, 0.15) is 5.78 Å². The molecular weight excluding hydrogens is 885 g/mol. The van der Waals surface area contributed by atoms with Gasteiger partial charge in [-0.3, -0.25) is 19.4 Å². The van der Waals surface area contributed by atoms with Crippen molar-refractivity contribution in [3.63, 3.8) is 0 Å². The van der Waals surface area contributed by atoms with Crippen LogP contribution in [0.5, 0.6) is 0 Å². The van der Waals surface area contributed by atoms with Crippen LogP contribution in [0.15, 0.2) is 78.7 Å². The highest BCUT2D eigenvalue weighted by atomic mass is 32.1. The number of fused-ring (bicyclic) bond motifs is 3. The molecule has 6 rings (SSSR count). The molecule has 0 bridgehead atoms. The molecule has 1 aliphatic heterocycles. The minimum atomic E-state index is -0.682. The van der Waals surface area contributed by atoms with Crippen LogP contribution in [0.25, 0.3) is 32.2 Å². The second-order valence-electron chi connectivity index (χ2n) is 18.4. The number of hydrogen-bond donors (Lipinski definition) is 4. The van der Waals surface area contributed by atoms with Crippen LogP contribution in [0, 0.1) is 18.3 Å². The second kappa shape index (κ2) is 26.1. The van der Waals surface area contributed by atoms with Crippen molar-refractivity contribution in [2.45, 2.75) is 84.9 Å². The van der Waals surface area contributed by atoms with Crippen molar-refractivity contribution in [3.05, 3.63) is 95.5 Å². The number of β-amino-alcohol motifs (C(OH)–C–C–N with tert-alkyl or cyclic N) is 1. The van der Waals surface area contributed by atoms with Crippen LogP contribution in [0.3, 0.4) is 0 Å². The molecule has 0 aliphatic carbocycles. The molecule has 1 saturated heterocycles. The number of aliphatic hydroxyl groups is 1. The molecule has 1 aliphatic rings. The summed E-state index contributed by atoms with van der Waals surface area (Å²) in [4.78, 5) is 54.5. The highest BCUT2D eigenvalue weighted by Crippen LogP contribution is 2.35. The number of pyridine rings is 1. The second-order valence-corrected chi connectivity index (χ2v) is 19.3. The van der Waals surface area contributed by atoms with E-state index in [9.17, 15) is 19.5 Å². The summed E-state index contributed by atoms with van der Waals surface area (Å²) in [6.45, 7) is 18.8. The van der Waals surface area contributed by atoms with Crippen molar-refractivity contribution in [1.82, 2.24) is 30.5 Å². The highest BCUT2D eigenvalue weighted by Gasteiger charge is 2.43. The number of carbonyl (C=O) groups excluding carboxylic acids is 3. The molecule has 0 unspecified atom stereocenters. The van der Waals surface area contributed by atoms with Crippen molar-refractivity contribution in [3.8, 4) is 10.4 Å². The number of ketones is 1. The van der Waals surface area contributed by atoms with E-state index in [1.54, 1.807) is 22.4 Å². The summed E-state index contributed by atoms with van der Waals surface area (Å²) >= 11 is 1.62. The Bertz CT molecular complexity index is 2400. The lowest BCUT2D eigenvalue weighted by molar-refractivity contribution is -0.142. The fraction of sp³-hybridized carbons (Fsp3) is 0.519. The smallest absolute Gasteiger partial charge is 0.227 e. The van der Waals surface area contributed by atoms with Gasteiger partial charge in [-0.05, 0) is 54.5 Å². The van der Waals surface area contributed by atoms with Gasteiger partial charge in [0, 0.05) is 90.6 Å². The average Bonchev–Trinajstić information content (AvgIpc) is 4.05. The number of amides is 2. The van der Waals surface area contributed by atoms with Crippen LogP contribution in [-0.2, 0) is 44.5 Å². The molecule has 15 nitrogen and oxygen atoms in total. The predicted molar refractivity (Wildman–Crippen MR) is 265 cm³/mol. The SMILES string of the molecule is C=C(N[C@@H](C)c1ccc(-c2scnc2C)cc1)[C@@H]1C[C@@H](O)CN1C(=O)[C@@H](CC(=O)CCOCCOCCOCCOCCOCCNC(=O)CCc1ccc2c(c1)[nH]c1ccncc12)C(C)(C)C. The lowest BCUT2D eigenvalue weighted by Gasteiger charge is -2.36. The van der Waals surface area contributed by atoms with Crippen LogP contribution in [0.1, 0.15) is 76.2 Å². The average molecular weight is 955 g/mol. The van der Waals surface area contributed by atoms with E-state index in [1.807, 2.05) is 45.5 Å². The van der Waals surface area contributed by atoms with E-state index >= 15 is 0 Å². The Morgan fingerprint density at radius 2 is 1.54 bits per heavy atom. The molecular formula is C52H70N6O9S. The number of likely N-dealkylation sites (tertiary alicyclic amines) is 1. The number of ether oxygens (including phenoxy) is 5. The number of rotatable bonds is 29. The van der Waals surface area contributed by atoms with Crippen LogP contribution in [0.2, 0.25) is 0 Å². The third-order valence-corrected chi connectivity index (χ3v) is 13.2. The maximum Gasteiger partial charge on any atom is 0.227 e. The van der Waals surface area contributed by atoms with Gasteiger partial charge in [0.05, 0.1) is 94.3 Å². The Morgan fingerprint density at radius 3 is 2.19 bits per heavy atom. The number of H-pyrrole nitrogens is 1. The first-order valence-electron chi connectivity index (χ1n) is 23.7. The Hall–Kier alpha value is -5.07. The van der Waals surface area contributed by atoms with Gasteiger partial charge in [-0.1, -0.05) is 63.7 Å². The molecule has 68 heavy (non-hydrogen) atoms. The van der Waals surface area contributed by atoms with Gasteiger partial charge in [0.15, 0.2) is 0 Å². The molecule has 0 saturated carbocycles. The molecule has 0 radical (unpaired) electrons. The fourth-order valence-electron chi connectivity index (χ4n) is 8.37. The number of hydrogen-bond acceptors (Lipinski definition) is 13. The first-order chi connectivity index (χ1) is 32.8. The number of carbonyl (C=O) groups is 3.